The lowest BCUT2D eigenvalue weighted by Gasteiger charge is -2.20. The van der Waals surface area contributed by atoms with Crippen LogP contribution in [0.2, 0.25) is 0 Å². The Hall–Kier alpha value is -1.94. The Labute approximate surface area is 118 Å². The normalized spacial score (nSPS) is 13.4. The predicted molar refractivity (Wildman–Crippen MR) is 81.2 cm³/mol. The van der Waals surface area contributed by atoms with Crippen molar-refractivity contribution < 1.29 is 0 Å². The van der Waals surface area contributed by atoms with Gasteiger partial charge < -0.3 is 10.6 Å². The maximum atomic E-state index is 5.85. The van der Waals surface area contributed by atoms with Crippen molar-refractivity contribution in [2.75, 3.05) is 4.90 Å². The van der Waals surface area contributed by atoms with Crippen molar-refractivity contribution in [2.45, 2.75) is 20.0 Å². The van der Waals surface area contributed by atoms with Gasteiger partial charge in [0.15, 0.2) is 0 Å². The first-order valence-electron chi connectivity index (χ1n) is 6.24. The average Bonchev–Trinajstić information content (AvgIpc) is 2.81. The fraction of sp³-hybridized carbons (Fsp3) is 0.200. The molecule has 2 aromatic rings. The van der Waals surface area contributed by atoms with Gasteiger partial charge in [-0.3, -0.25) is 0 Å². The number of rotatable bonds is 2. The Balaban J connectivity index is 2.02. The second kappa shape index (κ2) is 4.63. The first-order valence-corrected chi connectivity index (χ1v) is 6.65. The molecule has 2 heterocycles. The number of thiocarbonyl (C=S) groups is 1. The summed E-state index contributed by atoms with van der Waals surface area (Å²) < 4.78 is 0. The third-order valence-electron chi connectivity index (χ3n) is 3.53. The topological polar surface area (TPSA) is 42.2 Å². The molecule has 96 valence electrons. The smallest absolute Gasteiger partial charge is 0.139 e. The molecule has 0 unspecified atom stereocenters. The molecular weight excluding hydrogens is 254 g/mol. The van der Waals surface area contributed by atoms with Gasteiger partial charge in [0.1, 0.15) is 10.8 Å². The largest absolute Gasteiger partial charge is 0.389 e. The number of aryl methyl sites for hydroxylation is 1. The quantitative estimate of drug-likeness (QED) is 0.851. The maximum Gasteiger partial charge on any atom is 0.139 e. The molecule has 3 nitrogen and oxygen atoms in total. The maximum absolute atomic E-state index is 5.85. The zero-order chi connectivity index (χ0) is 13.4. The summed E-state index contributed by atoms with van der Waals surface area (Å²) >= 11 is 5.17. The van der Waals surface area contributed by atoms with Gasteiger partial charge in [0.2, 0.25) is 0 Å². The molecule has 0 saturated heterocycles. The summed E-state index contributed by atoms with van der Waals surface area (Å²) in [6, 6.07) is 10.4. The van der Waals surface area contributed by atoms with E-state index in [1.165, 1.54) is 11.1 Å². The van der Waals surface area contributed by atoms with E-state index >= 15 is 0 Å². The average molecular weight is 269 g/mol. The molecule has 1 aromatic carbocycles. The van der Waals surface area contributed by atoms with Crippen molar-refractivity contribution in [3.8, 4) is 0 Å². The monoisotopic (exact) mass is 269 g/mol. The number of hydrogen-bond donors (Lipinski definition) is 1. The molecule has 0 amide bonds. The van der Waals surface area contributed by atoms with Crippen LogP contribution >= 0.6 is 12.2 Å². The second-order valence-electron chi connectivity index (χ2n) is 4.82. The minimum Gasteiger partial charge on any atom is -0.389 e. The van der Waals surface area contributed by atoms with E-state index < -0.39 is 0 Å². The second-order valence-corrected chi connectivity index (χ2v) is 5.26. The predicted octanol–water partition coefficient (Wildman–Crippen LogP) is 2.54. The molecule has 1 aliphatic heterocycles. The van der Waals surface area contributed by atoms with E-state index in [1.807, 2.05) is 19.2 Å². The van der Waals surface area contributed by atoms with Gasteiger partial charge in [-0.15, -0.1) is 0 Å². The molecule has 3 rings (SSSR count). The molecule has 0 bridgehead atoms. The number of benzene rings is 1. The third-order valence-corrected chi connectivity index (χ3v) is 3.73. The van der Waals surface area contributed by atoms with Crippen LogP contribution in [0.4, 0.5) is 5.82 Å². The lowest BCUT2D eigenvalue weighted by atomic mass is 10.1. The highest BCUT2D eigenvalue weighted by Crippen LogP contribution is 2.30. The van der Waals surface area contributed by atoms with Crippen LogP contribution in [-0.4, -0.2) is 9.97 Å². The summed E-state index contributed by atoms with van der Waals surface area (Å²) in [5, 5.41) is 0. The molecule has 0 atom stereocenters. The van der Waals surface area contributed by atoms with E-state index in [2.05, 4.69) is 34.1 Å². The van der Waals surface area contributed by atoms with Crippen LogP contribution in [0.3, 0.4) is 0 Å². The van der Waals surface area contributed by atoms with Crippen molar-refractivity contribution in [1.82, 2.24) is 4.98 Å². The zero-order valence-electron chi connectivity index (χ0n) is 10.8. The van der Waals surface area contributed by atoms with E-state index in [0.717, 1.165) is 30.0 Å². The first kappa shape index (κ1) is 12.1. The van der Waals surface area contributed by atoms with Crippen LogP contribution in [0.25, 0.3) is 0 Å². The zero-order valence-corrected chi connectivity index (χ0v) is 11.6. The molecule has 1 aromatic heterocycles. The van der Waals surface area contributed by atoms with Crippen LogP contribution < -0.4 is 10.6 Å². The third kappa shape index (κ3) is 2.08. The van der Waals surface area contributed by atoms with Gasteiger partial charge in [-0.2, -0.15) is 0 Å². The van der Waals surface area contributed by atoms with Gasteiger partial charge in [0, 0.05) is 19.3 Å². The van der Waals surface area contributed by atoms with E-state index in [-0.39, 0.29) is 0 Å². The van der Waals surface area contributed by atoms with E-state index in [1.54, 1.807) is 0 Å². The van der Waals surface area contributed by atoms with Crippen LogP contribution in [0.1, 0.15) is 22.3 Å². The van der Waals surface area contributed by atoms with Crippen molar-refractivity contribution in [2.24, 2.45) is 5.73 Å². The lowest BCUT2D eigenvalue weighted by Crippen LogP contribution is -2.22. The molecular formula is C15H15N3S. The summed E-state index contributed by atoms with van der Waals surface area (Å²) in [6.45, 7) is 3.74. The molecule has 0 radical (unpaired) electrons. The molecule has 0 fully saturated rings. The minimum absolute atomic E-state index is 0.413. The molecule has 2 N–H and O–H groups in total. The number of anilines is 1. The Morgan fingerprint density at radius 1 is 1.21 bits per heavy atom. The molecule has 4 heteroatoms. The fourth-order valence-corrected chi connectivity index (χ4v) is 2.82. The lowest BCUT2D eigenvalue weighted by molar-refractivity contribution is 0.854. The SMILES string of the molecule is Cc1ccnc(N2Cc3ccccc3C2)c1C(N)=S. The minimum atomic E-state index is 0.413. The van der Waals surface area contributed by atoms with Gasteiger partial charge in [-0.05, 0) is 29.7 Å². The Morgan fingerprint density at radius 2 is 1.84 bits per heavy atom. The molecule has 1 aliphatic rings. The standard InChI is InChI=1S/C15H15N3S/c1-10-6-7-17-15(13(10)14(16)19)18-8-11-4-2-3-5-12(11)9-18/h2-7H,8-9H2,1H3,(H2,16,19). The van der Waals surface area contributed by atoms with E-state index in [0.29, 0.717) is 4.99 Å². The highest BCUT2D eigenvalue weighted by Gasteiger charge is 2.23. The van der Waals surface area contributed by atoms with E-state index in [9.17, 15) is 0 Å². The van der Waals surface area contributed by atoms with Crippen molar-refractivity contribution >= 4 is 23.0 Å². The Bertz CT molecular complexity index is 627. The molecule has 0 aliphatic carbocycles. The van der Waals surface area contributed by atoms with Crippen molar-refractivity contribution in [3.05, 3.63) is 58.8 Å². The summed E-state index contributed by atoms with van der Waals surface area (Å²) in [6.07, 6.45) is 1.81. The van der Waals surface area contributed by atoms with Crippen LogP contribution in [0.5, 0.6) is 0 Å². The highest BCUT2D eigenvalue weighted by molar-refractivity contribution is 7.80. The Kier molecular flexibility index (Phi) is 2.95. The molecule has 0 spiro atoms. The first-order chi connectivity index (χ1) is 9.16. The number of pyridine rings is 1. The number of hydrogen-bond acceptors (Lipinski definition) is 3. The molecule has 19 heavy (non-hydrogen) atoms. The number of aromatic nitrogens is 1. The fourth-order valence-electron chi connectivity index (χ4n) is 2.57. The Morgan fingerprint density at radius 3 is 2.42 bits per heavy atom. The van der Waals surface area contributed by atoms with Crippen LogP contribution in [0, 0.1) is 6.92 Å². The highest BCUT2D eigenvalue weighted by atomic mass is 32.1. The van der Waals surface area contributed by atoms with E-state index in [4.69, 9.17) is 18.0 Å². The van der Waals surface area contributed by atoms with Crippen molar-refractivity contribution in [3.63, 3.8) is 0 Å². The van der Waals surface area contributed by atoms with Gasteiger partial charge in [-0.25, -0.2) is 4.98 Å². The molecule has 0 saturated carbocycles. The van der Waals surface area contributed by atoms with Gasteiger partial charge >= 0.3 is 0 Å². The number of fused-ring (bicyclic) bond motifs is 1. The van der Waals surface area contributed by atoms with Gasteiger partial charge in [0.25, 0.3) is 0 Å². The summed E-state index contributed by atoms with van der Waals surface area (Å²) in [4.78, 5) is 7.13. The number of nitrogens with two attached hydrogens (primary N) is 1. The number of nitrogens with zero attached hydrogens (tertiary/aromatic N) is 2. The summed E-state index contributed by atoms with van der Waals surface area (Å²) in [5.74, 6) is 0.892. The van der Waals surface area contributed by atoms with Crippen molar-refractivity contribution in [1.29, 1.82) is 0 Å². The van der Waals surface area contributed by atoms with Gasteiger partial charge in [-0.1, -0.05) is 36.5 Å². The summed E-state index contributed by atoms with van der Waals surface area (Å²) in [7, 11) is 0. The summed E-state index contributed by atoms with van der Waals surface area (Å²) in [5.41, 5.74) is 10.5. The van der Waals surface area contributed by atoms with Gasteiger partial charge in [0.05, 0.1) is 5.56 Å². The van der Waals surface area contributed by atoms with Crippen LogP contribution in [0.15, 0.2) is 36.5 Å². The van der Waals surface area contributed by atoms with Crippen LogP contribution in [-0.2, 0) is 13.1 Å².